The Labute approximate surface area is 105 Å². The molecule has 3 aromatic rings. The number of fused-ring (bicyclic) bond motifs is 1. The van der Waals surface area contributed by atoms with Crippen LogP contribution in [-0.4, -0.2) is 19.6 Å². The first kappa shape index (κ1) is 10.9. The standard InChI is InChI=1S/C11H6ClFN4O/c12-8-3-6(13)1-2-7(8)9-4-17-10(11(18)16-9)14-5-15-17/h1-5H,(H,16,18). The fourth-order valence-corrected chi connectivity index (χ4v) is 1.95. The largest absolute Gasteiger partial charge is 0.317 e. The zero-order chi connectivity index (χ0) is 12.7. The Morgan fingerprint density at radius 3 is 3.00 bits per heavy atom. The van der Waals surface area contributed by atoms with Crippen LogP contribution < -0.4 is 5.56 Å². The van der Waals surface area contributed by atoms with Crippen LogP contribution in [0.2, 0.25) is 5.02 Å². The first-order valence-corrected chi connectivity index (χ1v) is 5.41. The molecular weight excluding hydrogens is 259 g/mol. The zero-order valence-corrected chi connectivity index (χ0v) is 9.65. The number of nitrogens with one attached hydrogen (secondary N) is 1. The van der Waals surface area contributed by atoms with Crippen molar-refractivity contribution in [3.63, 3.8) is 0 Å². The molecule has 0 aliphatic heterocycles. The molecule has 1 aromatic carbocycles. The Balaban J connectivity index is 2.28. The quantitative estimate of drug-likeness (QED) is 0.730. The highest BCUT2D eigenvalue weighted by Gasteiger charge is 2.09. The van der Waals surface area contributed by atoms with Gasteiger partial charge in [0.05, 0.1) is 16.9 Å². The SMILES string of the molecule is O=c1[nH]c(-c2ccc(F)cc2Cl)cn2ncnc12. The molecule has 0 aliphatic rings. The van der Waals surface area contributed by atoms with Crippen LogP contribution in [-0.2, 0) is 0 Å². The minimum atomic E-state index is -0.437. The first-order chi connectivity index (χ1) is 8.65. The van der Waals surface area contributed by atoms with E-state index < -0.39 is 5.82 Å². The highest BCUT2D eigenvalue weighted by atomic mass is 35.5. The lowest BCUT2D eigenvalue weighted by atomic mass is 10.1. The maximum Gasteiger partial charge on any atom is 0.293 e. The molecule has 1 N–H and O–H groups in total. The average molecular weight is 265 g/mol. The summed E-state index contributed by atoms with van der Waals surface area (Å²) >= 11 is 5.93. The van der Waals surface area contributed by atoms with Crippen molar-refractivity contribution in [2.24, 2.45) is 0 Å². The molecule has 0 fully saturated rings. The van der Waals surface area contributed by atoms with Crippen molar-refractivity contribution in [3.8, 4) is 11.3 Å². The van der Waals surface area contributed by atoms with Gasteiger partial charge >= 0.3 is 0 Å². The van der Waals surface area contributed by atoms with Gasteiger partial charge in [0, 0.05) is 5.56 Å². The maximum absolute atomic E-state index is 13.0. The Bertz CT molecular complexity index is 795. The van der Waals surface area contributed by atoms with E-state index in [1.54, 1.807) is 6.20 Å². The molecule has 0 radical (unpaired) electrons. The molecule has 0 amide bonds. The van der Waals surface area contributed by atoms with Crippen molar-refractivity contribution in [2.75, 3.05) is 0 Å². The third-order valence-electron chi connectivity index (χ3n) is 2.50. The van der Waals surface area contributed by atoms with E-state index in [-0.39, 0.29) is 16.2 Å². The van der Waals surface area contributed by atoms with Crippen LogP contribution in [0.3, 0.4) is 0 Å². The van der Waals surface area contributed by atoms with Gasteiger partial charge in [0.25, 0.3) is 5.56 Å². The smallest absolute Gasteiger partial charge is 0.293 e. The summed E-state index contributed by atoms with van der Waals surface area (Å²) in [6.07, 6.45) is 2.85. The number of hydrogen-bond donors (Lipinski definition) is 1. The molecule has 18 heavy (non-hydrogen) atoms. The molecule has 0 spiro atoms. The Morgan fingerprint density at radius 1 is 1.39 bits per heavy atom. The Hall–Kier alpha value is -2.21. The molecule has 0 aliphatic carbocycles. The van der Waals surface area contributed by atoms with Gasteiger partial charge in [0.2, 0.25) is 5.65 Å². The lowest BCUT2D eigenvalue weighted by Gasteiger charge is -2.04. The van der Waals surface area contributed by atoms with E-state index >= 15 is 0 Å². The van der Waals surface area contributed by atoms with E-state index in [0.29, 0.717) is 11.3 Å². The summed E-state index contributed by atoms with van der Waals surface area (Å²) in [5, 5.41) is 4.09. The van der Waals surface area contributed by atoms with Crippen LogP contribution in [0.5, 0.6) is 0 Å². The van der Waals surface area contributed by atoms with Crippen LogP contribution in [0.25, 0.3) is 16.9 Å². The van der Waals surface area contributed by atoms with E-state index in [1.807, 2.05) is 0 Å². The molecule has 90 valence electrons. The van der Waals surface area contributed by atoms with Gasteiger partial charge in [-0.05, 0) is 18.2 Å². The predicted molar refractivity (Wildman–Crippen MR) is 64.0 cm³/mol. The van der Waals surface area contributed by atoms with Crippen molar-refractivity contribution in [1.82, 2.24) is 19.6 Å². The van der Waals surface area contributed by atoms with E-state index in [0.717, 1.165) is 0 Å². The molecule has 0 saturated heterocycles. The predicted octanol–water partition coefficient (Wildman–Crippen LogP) is 1.88. The monoisotopic (exact) mass is 264 g/mol. The molecule has 5 nitrogen and oxygen atoms in total. The highest BCUT2D eigenvalue weighted by molar-refractivity contribution is 6.33. The molecule has 2 aromatic heterocycles. The van der Waals surface area contributed by atoms with Gasteiger partial charge in [-0.2, -0.15) is 5.10 Å². The first-order valence-electron chi connectivity index (χ1n) is 5.03. The van der Waals surface area contributed by atoms with Crippen molar-refractivity contribution in [2.45, 2.75) is 0 Å². The zero-order valence-electron chi connectivity index (χ0n) is 8.89. The third kappa shape index (κ3) is 1.67. The summed E-state index contributed by atoms with van der Waals surface area (Å²) in [6.45, 7) is 0. The van der Waals surface area contributed by atoms with Crippen molar-refractivity contribution < 1.29 is 4.39 Å². The number of nitrogens with zero attached hydrogens (tertiary/aromatic N) is 3. The second-order valence-electron chi connectivity index (χ2n) is 3.65. The highest BCUT2D eigenvalue weighted by Crippen LogP contribution is 2.26. The van der Waals surface area contributed by atoms with Gasteiger partial charge in [-0.1, -0.05) is 11.6 Å². The second-order valence-corrected chi connectivity index (χ2v) is 4.06. The number of benzene rings is 1. The summed E-state index contributed by atoms with van der Waals surface area (Å²) in [6, 6.07) is 3.94. The molecule has 0 unspecified atom stereocenters. The minimum absolute atomic E-state index is 0.192. The topological polar surface area (TPSA) is 63.0 Å². The lowest BCUT2D eigenvalue weighted by Crippen LogP contribution is -2.11. The molecule has 3 rings (SSSR count). The van der Waals surface area contributed by atoms with Crippen LogP contribution >= 0.6 is 11.6 Å². The number of hydrogen-bond acceptors (Lipinski definition) is 3. The number of aromatic nitrogens is 4. The summed E-state index contributed by atoms with van der Waals surface area (Å²) in [5.41, 5.74) is 0.776. The summed E-state index contributed by atoms with van der Waals surface area (Å²) in [5.74, 6) is -0.437. The fraction of sp³-hybridized carbons (Fsp3) is 0. The van der Waals surface area contributed by atoms with E-state index in [4.69, 9.17) is 11.6 Å². The van der Waals surface area contributed by atoms with Crippen molar-refractivity contribution >= 4 is 17.2 Å². The lowest BCUT2D eigenvalue weighted by molar-refractivity contribution is 0.628. The molecule has 0 bridgehead atoms. The molecule has 0 atom stereocenters. The van der Waals surface area contributed by atoms with Gasteiger partial charge in [-0.3, -0.25) is 4.79 Å². The number of halogens is 2. The van der Waals surface area contributed by atoms with Gasteiger partial charge in [0.15, 0.2) is 0 Å². The van der Waals surface area contributed by atoms with Crippen molar-refractivity contribution in [3.05, 3.63) is 51.9 Å². The number of rotatable bonds is 1. The summed E-state index contributed by atoms with van der Waals surface area (Å²) in [4.78, 5) is 18.1. The van der Waals surface area contributed by atoms with E-state index in [9.17, 15) is 9.18 Å². The Kier molecular flexibility index (Phi) is 2.38. The summed E-state index contributed by atoms with van der Waals surface area (Å²) in [7, 11) is 0. The van der Waals surface area contributed by atoms with Crippen LogP contribution in [0.1, 0.15) is 0 Å². The number of H-pyrrole nitrogens is 1. The normalized spacial score (nSPS) is 11.0. The molecule has 7 heteroatoms. The van der Waals surface area contributed by atoms with Crippen molar-refractivity contribution in [1.29, 1.82) is 0 Å². The number of aromatic amines is 1. The average Bonchev–Trinajstić information content (AvgIpc) is 2.77. The minimum Gasteiger partial charge on any atom is -0.317 e. The van der Waals surface area contributed by atoms with Gasteiger partial charge in [0.1, 0.15) is 12.1 Å². The van der Waals surface area contributed by atoms with Crippen LogP contribution in [0.4, 0.5) is 4.39 Å². The molecule has 2 heterocycles. The van der Waals surface area contributed by atoms with E-state index in [1.165, 1.54) is 29.0 Å². The maximum atomic E-state index is 13.0. The second kappa shape index (κ2) is 3.92. The van der Waals surface area contributed by atoms with Gasteiger partial charge in [-0.15, -0.1) is 0 Å². The van der Waals surface area contributed by atoms with Gasteiger partial charge < -0.3 is 4.98 Å². The molecular formula is C11H6ClFN4O. The van der Waals surface area contributed by atoms with E-state index in [2.05, 4.69) is 15.1 Å². The van der Waals surface area contributed by atoms with Gasteiger partial charge in [-0.25, -0.2) is 13.9 Å². The van der Waals surface area contributed by atoms with Crippen LogP contribution in [0, 0.1) is 5.82 Å². The fourth-order valence-electron chi connectivity index (χ4n) is 1.68. The third-order valence-corrected chi connectivity index (χ3v) is 2.81. The van der Waals surface area contributed by atoms with Crippen LogP contribution in [0.15, 0.2) is 35.5 Å². The molecule has 0 saturated carbocycles. The Morgan fingerprint density at radius 2 is 2.22 bits per heavy atom. The summed E-state index contributed by atoms with van der Waals surface area (Å²) < 4.78 is 14.3.